The van der Waals surface area contributed by atoms with Crippen molar-refractivity contribution in [3.63, 3.8) is 0 Å². The van der Waals surface area contributed by atoms with E-state index in [1.807, 2.05) is 6.92 Å². The van der Waals surface area contributed by atoms with Gasteiger partial charge in [0.1, 0.15) is 6.04 Å². The molecule has 0 radical (unpaired) electrons. The fraction of sp³-hybridized carbons (Fsp3) is 0.778. The number of esters is 1. The lowest BCUT2D eigenvalue weighted by Crippen LogP contribution is -2.40. The summed E-state index contributed by atoms with van der Waals surface area (Å²) in [6, 6.07) is -0.392. The van der Waals surface area contributed by atoms with Crippen molar-refractivity contribution in [3.05, 3.63) is 0 Å². The highest BCUT2D eigenvalue weighted by atomic mass is 32.2. The molecule has 1 amide bonds. The molecule has 6 heteroatoms. The van der Waals surface area contributed by atoms with Crippen LogP contribution in [0.5, 0.6) is 0 Å². The topological polar surface area (TPSA) is 46.6 Å². The Morgan fingerprint density at radius 1 is 1.60 bits per heavy atom. The maximum Gasteiger partial charge on any atom is 0.329 e. The molecule has 0 aromatic carbocycles. The maximum absolute atomic E-state index is 11.7. The molecule has 1 aliphatic rings. The van der Waals surface area contributed by atoms with E-state index in [0.717, 1.165) is 12.2 Å². The van der Waals surface area contributed by atoms with Crippen LogP contribution in [0.1, 0.15) is 13.3 Å². The second-order valence-electron chi connectivity index (χ2n) is 3.12. The van der Waals surface area contributed by atoms with E-state index in [1.165, 1.54) is 18.9 Å². The van der Waals surface area contributed by atoms with Crippen LogP contribution >= 0.6 is 23.5 Å². The van der Waals surface area contributed by atoms with E-state index >= 15 is 0 Å². The van der Waals surface area contributed by atoms with E-state index in [9.17, 15) is 9.59 Å². The third-order valence-corrected chi connectivity index (χ3v) is 4.13. The smallest absolute Gasteiger partial charge is 0.329 e. The highest BCUT2D eigenvalue weighted by Crippen LogP contribution is 2.25. The molecular weight excluding hydrogens is 234 g/mol. The minimum absolute atomic E-state index is 0.0164. The van der Waals surface area contributed by atoms with E-state index < -0.39 is 6.04 Å². The molecule has 0 aliphatic carbocycles. The van der Waals surface area contributed by atoms with Gasteiger partial charge in [-0.3, -0.25) is 4.79 Å². The van der Waals surface area contributed by atoms with Crippen molar-refractivity contribution in [2.75, 3.05) is 24.5 Å². The predicted molar refractivity (Wildman–Crippen MR) is 63.1 cm³/mol. The van der Waals surface area contributed by atoms with Crippen molar-refractivity contribution in [2.24, 2.45) is 0 Å². The van der Waals surface area contributed by atoms with Crippen molar-refractivity contribution in [2.45, 2.75) is 19.4 Å². The molecule has 1 saturated heterocycles. The van der Waals surface area contributed by atoms with Gasteiger partial charge in [0.05, 0.1) is 13.0 Å². The lowest BCUT2D eigenvalue weighted by atomic mass is 10.3. The molecule has 1 atom stereocenters. The standard InChI is InChI=1S/C9H15NO3S2/c1-3-4-15-9(12)10-6-14-5-7(10)8(11)13-2/h7H,3-6H2,1-2H3/t7-/m0/s1. The first-order valence-electron chi connectivity index (χ1n) is 4.79. The number of nitrogens with zero attached hydrogens (tertiary/aromatic N) is 1. The zero-order valence-corrected chi connectivity index (χ0v) is 10.5. The molecule has 1 aliphatic heterocycles. The number of methoxy groups -OCH3 is 1. The molecule has 0 unspecified atom stereocenters. The van der Waals surface area contributed by atoms with Gasteiger partial charge in [0.15, 0.2) is 0 Å². The monoisotopic (exact) mass is 249 g/mol. The predicted octanol–water partition coefficient (Wildman–Crippen LogP) is 1.80. The quantitative estimate of drug-likeness (QED) is 0.714. The Bertz CT molecular complexity index is 248. The van der Waals surface area contributed by atoms with Gasteiger partial charge in [-0.25, -0.2) is 4.79 Å². The minimum Gasteiger partial charge on any atom is -0.467 e. The number of amides is 1. The molecule has 1 fully saturated rings. The van der Waals surface area contributed by atoms with Crippen molar-refractivity contribution < 1.29 is 14.3 Å². The number of thioether (sulfide) groups is 2. The van der Waals surface area contributed by atoms with E-state index in [-0.39, 0.29) is 11.2 Å². The average Bonchev–Trinajstić information content (AvgIpc) is 2.73. The van der Waals surface area contributed by atoms with Crippen LogP contribution < -0.4 is 0 Å². The Kier molecular flexibility index (Phi) is 5.31. The van der Waals surface area contributed by atoms with Gasteiger partial charge in [-0.2, -0.15) is 0 Å². The van der Waals surface area contributed by atoms with Crippen molar-refractivity contribution >= 4 is 34.7 Å². The van der Waals surface area contributed by atoms with E-state index in [2.05, 4.69) is 4.74 Å². The first kappa shape index (κ1) is 12.7. The molecule has 0 bridgehead atoms. The zero-order chi connectivity index (χ0) is 11.3. The summed E-state index contributed by atoms with van der Waals surface area (Å²) in [5, 5.41) is -0.0164. The Balaban J connectivity index is 2.52. The van der Waals surface area contributed by atoms with E-state index in [4.69, 9.17) is 0 Å². The highest BCUT2D eigenvalue weighted by molar-refractivity contribution is 8.13. The summed E-state index contributed by atoms with van der Waals surface area (Å²) in [7, 11) is 1.35. The number of hydrogen-bond acceptors (Lipinski definition) is 5. The van der Waals surface area contributed by atoms with Crippen LogP contribution in [0.15, 0.2) is 0 Å². The largest absolute Gasteiger partial charge is 0.467 e. The van der Waals surface area contributed by atoms with Crippen LogP contribution in [0.2, 0.25) is 0 Å². The molecule has 1 rings (SSSR count). The van der Waals surface area contributed by atoms with Gasteiger partial charge in [-0.15, -0.1) is 11.8 Å². The van der Waals surface area contributed by atoms with Crippen LogP contribution in [0.25, 0.3) is 0 Å². The van der Waals surface area contributed by atoms with Crippen molar-refractivity contribution in [1.29, 1.82) is 0 Å². The SMILES string of the molecule is CCCSC(=O)N1CSC[C@H]1C(=O)OC. The molecule has 0 spiro atoms. The summed E-state index contributed by atoms with van der Waals surface area (Å²) in [5.74, 6) is 1.72. The van der Waals surface area contributed by atoms with Gasteiger partial charge in [-0.1, -0.05) is 18.7 Å². The molecule has 0 N–H and O–H groups in total. The molecule has 86 valence electrons. The van der Waals surface area contributed by atoms with Gasteiger partial charge in [-0.05, 0) is 6.42 Å². The summed E-state index contributed by atoms with van der Waals surface area (Å²) >= 11 is 2.86. The Morgan fingerprint density at radius 2 is 2.33 bits per heavy atom. The third-order valence-electron chi connectivity index (χ3n) is 2.02. The second-order valence-corrected chi connectivity index (χ2v) is 5.17. The van der Waals surface area contributed by atoms with Crippen LogP contribution in [0.3, 0.4) is 0 Å². The molecule has 4 nitrogen and oxygen atoms in total. The molecule has 0 aromatic rings. The summed E-state index contributed by atoms with van der Waals surface area (Å²) in [6.45, 7) is 2.02. The first-order chi connectivity index (χ1) is 7.20. The van der Waals surface area contributed by atoms with Gasteiger partial charge in [0, 0.05) is 11.5 Å². The fourth-order valence-corrected chi connectivity index (χ4v) is 3.18. The molecule has 0 saturated carbocycles. The lowest BCUT2D eigenvalue weighted by molar-refractivity contribution is -0.144. The number of carbonyl (C=O) groups excluding carboxylic acids is 2. The number of rotatable bonds is 3. The summed E-state index contributed by atoms with van der Waals surface area (Å²) < 4.78 is 4.66. The summed E-state index contributed by atoms with van der Waals surface area (Å²) in [6.07, 6.45) is 0.959. The average molecular weight is 249 g/mol. The number of hydrogen-bond donors (Lipinski definition) is 0. The van der Waals surface area contributed by atoms with E-state index in [1.54, 1.807) is 16.7 Å². The third kappa shape index (κ3) is 3.31. The van der Waals surface area contributed by atoms with Crippen LogP contribution in [-0.4, -0.2) is 46.6 Å². The Labute approximate surface area is 98.1 Å². The molecule has 15 heavy (non-hydrogen) atoms. The lowest BCUT2D eigenvalue weighted by Gasteiger charge is -2.20. The van der Waals surface area contributed by atoms with Crippen LogP contribution in [0, 0.1) is 0 Å². The molecule has 1 heterocycles. The van der Waals surface area contributed by atoms with Gasteiger partial charge in [0.2, 0.25) is 0 Å². The summed E-state index contributed by atoms with van der Waals surface area (Å²) in [4.78, 5) is 24.7. The minimum atomic E-state index is -0.392. The van der Waals surface area contributed by atoms with Crippen LogP contribution in [-0.2, 0) is 9.53 Å². The first-order valence-corrected chi connectivity index (χ1v) is 6.93. The maximum atomic E-state index is 11.7. The summed E-state index contributed by atoms with van der Waals surface area (Å²) in [5.41, 5.74) is 0. The van der Waals surface area contributed by atoms with E-state index in [0.29, 0.717) is 11.6 Å². The highest BCUT2D eigenvalue weighted by Gasteiger charge is 2.35. The number of carbonyl (C=O) groups is 2. The van der Waals surface area contributed by atoms with Crippen molar-refractivity contribution in [1.82, 2.24) is 4.90 Å². The zero-order valence-electron chi connectivity index (χ0n) is 8.89. The van der Waals surface area contributed by atoms with Crippen LogP contribution in [0.4, 0.5) is 4.79 Å². The Morgan fingerprint density at radius 3 is 2.93 bits per heavy atom. The number of ether oxygens (including phenoxy) is 1. The van der Waals surface area contributed by atoms with Gasteiger partial charge in [0.25, 0.3) is 5.24 Å². The molecular formula is C9H15NO3S2. The van der Waals surface area contributed by atoms with Gasteiger partial charge < -0.3 is 9.64 Å². The fourth-order valence-electron chi connectivity index (χ4n) is 1.23. The Hall–Kier alpha value is -0.360. The second kappa shape index (κ2) is 6.27. The van der Waals surface area contributed by atoms with Crippen molar-refractivity contribution in [3.8, 4) is 0 Å². The normalized spacial score (nSPS) is 20.4. The molecule has 0 aromatic heterocycles. The van der Waals surface area contributed by atoms with Gasteiger partial charge >= 0.3 is 5.97 Å².